The Morgan fingerprint density at radius 3 is 2.78 bits per heavy atom. The molecule has 18 heavy (non-hydrogen) atoms. The van der Waals surface area contributed by atoms with E-state index in [0.717, 1.165) is 25.1 Å². The van der Waals surface area contributed by atoms with Crippen LogP contribution in [0.4, 0.5) is 0 Å². The summed E-state index contributed by atoms with van der Waals surface area (Å²) < 4.78 is 0. The van der Waals surface area contributed by atoms with Crippen LogP contribution in [-0.2, 0) is 13.1 Å². The summed E-state index contributed by atoms with van der Waals surface area (Å²) in [7, 11) is 0. The van der Waals surface area contributed by atoms with Crippen LogP contribution in [-0.4, -0.2) is 11.9 Å². The molecule has 2 N–H and O–H groups in total. The molecule has 0 aromatic heterocycles. The van der Waals surface area contributed by atoms with Crippen molar-refractivity contribution in [3.8, 4) is 0 Å². The van der Waals surface area contributed by atoms with Crippen LogP contribution in [0.25, 0.3) is 0 Å². The van der Waals surface area contributed by atoms with Crippen molar-refractivity contribution < 1.29 is 4.79 Å². The number of benzene rings is 1. The van der Waals surface area contributed by atoms with Crippen LogP contribution in [0.5, 0.6) is 0 Å². The molecule has 0 bridgehead atoms. The zero-order valence-electron chi connectivity index (χ0n) is 11.4. The second-order valence-electron chi connectivity index (χ2n) is 5.23. The molecular formula is C15H22N2O. The summed E-state index contributed by atoms with van der Waals surface area (Å²) >= 11 is 0. The molecule has 1 aliphatic rings. The molecule has 2 rings (SSSR count). The van der Waals surface area contributed by atoms with Crippen molar-refractivity contribution in [3.05, 3.63) is 34.9 Å². The lowest BCUT2D eigenvalue weighted by Gasteiger charge is -2.20. The molecule has 0 fully saturated rings. The first kappa shape index (κ1) is 13.1. The summed E-state index contributed by atoms with van der Waals surface area (Å²) in [6.07, 6.45) is 1.08. The topological polar surface area (TPSA) is 41.1 Å². The van der Waals surface area contributed by atoms with Crippen molar-refractivity contribution in [2.45, 2.75) is 46.3 Å². The summed E-state index contributed by atoms with van der Waals surface area (Å²) in [5.74, 6) is 0.544. The molecular weight excluding hydrogens is 224 g/mol. The van der Waals surface area contributed by atoms with Crippen molar-refractivity contribution in [1.82, 2.24) is 10.6 Å². The quantitative estimate of drug-likeness (QED) is 0.857. The lowest BCUT2D eigenvalue weighted by molar-refractivity contribution is 0.0928. The number of fused-ring (bicyclic) bond motifs is 1. The van der Waals surface area contributed by atoms with Gasteiger partial charge in [0.25, 0.3) is 5.91 Å². The molecule has 1 aromatic rings. The Kier molecular flexibility index (Phi) is 4.02. The van der Waals surface area contributed by atoms with Crippen LogP contribution in [0, 0.1) is 5.92 Å². The van der Waals surface area contributed by atoms with Crippen molar-refractivity contribution in [2.75, 3.05) is 0 Å². The van der Waals surface area contributed by atoms with Gasteiger partial charge in [0.1, 0.15) is 0 Å². The molecule has 1 aliphatic heterocycles. The van der Waals surface area contributed by atoms with E-state index in [1.807, 2.05) is 12.1 Å². The zero-order chi connectivity index (χ0) is 13.1. The second-order valence-corrected chi connectivity index (χ2v) is 5.23. The van der Waals surface area contributed by atoms with Gasteiger partial charge in [-0.2, -0.15) is 0 Å². The van der Waals surface area contributed by atoms with E-state index in [-0.39, 0.29) is 11.9 Å². The van der Waals surface area contributed by atoms with Gasteiger partial charge in [0.05, 0.1) is 0 Å². The number of hydrogen-bond acceptors (Lipinski definition) is 2. The molecule has 2 atom stereocenters. The predicted molar refractivity (Wildman–Crippen MR) is 73.4 cm³/mol. The minimum Gasteiger partial charge on any atom is -0.349 e. The normalized spacial score (nSPS) is 17.1. The van der Waals surface area contributed by atoms with Gasteiger partial charge in [-0.1, -0.05) is 26.3 Å². The van der Waals surface area contributed by atoms with Gasteiger partial charge in [-0.05, 0) is 36.1 Å². The predicted octanol–water partition coefficient (Wildman–Crippen LogP) is 2.45. The Balaban J connectivity index is 2.05. The highest BCUT2D eigenvalue weighted by molar-refractivity contribution is 5.94. The lowest BCUT2D eigenvalue weighted by Crippen LogP contribution is -2.36. The van der Waals surface area contributed by atoms with E-state index in [9.17, 15) is 4.79 Å². The maximum absolute atomic E-state index is 12.1. The van der Waals surface area contributed by atoms with Crippen molar-refractivity contribution in [1.29, 1.82) is 0 Å². The van der Waals surface area contributed by atoms with Crippen LogP contribution in [0.2, 0.25) is 0 Å². The average molecular weight is 246 g/mol. The van der Waals surface area contributed by atoms with Crippen molar-refractivity contribution >= 4 is 5.91 Å². The highest BCUT2D eigenvalue weighted by Crippen LogP contribution is 2.17. The fourth-order valence-electron chi connectivity index (χ4n) is 2.22. The van der Waals surface area contributed by atoms with E-state index in [1.54, 1.807) is 0 Å². The Hall–Kier alpha value is -1.35. The lowest BCUT2D eigenvalue weighted by atomic mass is 10.00. The third-order valence-electron chi connectivity index (χ3n) is 3.96. The van der Waals surface area contributed by atoms with Gasteiger partial charge in [0, 0.05) is 24.7 Å². The number of rotatable bonds is 4. The van der Waals surface area contributed by atoms with Crippen LogP contribution in [0.1, 0.15) is 48.7 Å². The van der Waals surface area contributed by atoms with Gasteiger partial charge in [0.15, 0.2) is 0 Å². The Bertz CT molecular complexity index is 442. The fraction of sp³-hybridized carbons (Fsp3) is 0.533. The van der Waals surface area contributed by atoms with Crippen LogP contribution in [0.15, 0.2) is 18.2 Å². The smallest absolute Gasteiger partial charge is 0.251 e. The van der Waals surface area contributed by atoms with E-state index < -0.39 is 0 Å². The van der Waals surface area contributed by atoms with Crippen molar-refractivity contribution in [2.24, 2.45) is 5.92 Å². The van der Waals surface area contributed by atoms with E-state index in [2.05, 4.69) is 37.5 Å². The van der Waals surface area contributed by atoms with E-state index >= 15 is 0 Å². The third kappa shape index (κ3) is 2.72. The Labute approximate surface area is 109 Å². The first-order chi connectivity index (χ1) is 8.61. The molecule has 1 aromatic carbocycles. The summed E-state index contributed by atoms with van der Waals surface area (Å²) in [4.78, 5) is 12.1. The monoisotopic (exact) mass is 246 g/mol. The molecule has 0 aliphatic carbocycles. The molecule has 1 heterocycles. The third-order valence-corrected chi connectivity index (χ3v) is 3.96. The maximum atomic E-state index is 12.1. The van der Waals surface area contributed by atoms with E-state index in [0.29, 0.717) is 5.92 Å². The molecule has 0 radical (unpaired) electrons. The molecule has 1 amide bonds. The maximum Gasteiger partial charge on any atom is 0.251 e. The number of amides is 1. The minimum absolute atomic E-state index is 0.0394. The summed E-state index contributed by atoms with van der Waals surface area (Å²) in [6, 6.07) is 6.20. The SMILES string of the molecule is CCC(C)C(C)NC(=O)c1ccc2c(c1)CNC2. The highest BCUT2D eigenvalue weighted by Gasteiger charge is 2.16. The fourth-order valence-corrected chi connectivity index (χ4v) is 2.22. The summed E-state index contributed by atoms with van der Waals surface area (Å²) in [6.45, 7) is 8.17. The Morgan fingerprint density at radius 2 is 2.06 bits per heavy atom. The standard InChI is InChI=1S/C15H22N2O/c1-4-10(2)11(3)17-15(18)12-5-6-13-8-16-9-14(13)7-12/h5-7,10-11,16H,4,8-9H2,1-3H3,(H,17,18). The largest absolute Gasteiger partial charge is 0.349 e. The first-order valence-corrected chi connectivity index (χ1v) is 6.75. The van der Waals surface area contributed by atoms with Crippen molar-refractivity contribution in [3.63, 3.8) is 0 Å². The van der Waals surface area contributed by atoms with Crippen LogP contribution < -0.4 is 10.6 Å². The molecule has 0 saturated heterocycles. The molecule has 2 unspecified atom stereocenters. The van der Waals surface area contributed by atoms with E-state index in [1.165, 1.54) is 11.1 Å². The molecule has 0 saturated carbocycles. The van der Waals surface area contributed by atoms with Gasteiger partial charge < -0.3 is 10.6 Å². The summed E-state index contributed by atoms with van der Waals surface area (Å²) in [5, 5.41) is 6.37. The minimum atomic E-state index is 0.0394. The van der Waals surface area contributed by atoms with Gasteiger partial charge in [-0.3, -0.25) is 4.79 Å². The number of carbonyl (C=O) groups is 1. The number of carbonyl (C=O) groups excluding carboxylic acids is 1. The Morgan fingerprint density at radius 1 is 1.33 bits per heavy atom. The molecule has 3 heteroatoms. The molecule has 98 valence electrons. The molecule has 3 nitrogen and oxygen atoms in total. The zero-order valence-corrected chi connectivity index (χ0v) is 11.4. The molecule has 0 spiro atoms. The summed E-state index contributed by atoms with van der Waals surface area (Å²) in [5.41, 5.74) is 3.33. The van der Waals surface area contributed by atoms with Gasteiger partial charge in [-0.15, -0.1) is 0 Å². The van der Waals surface area contributed by atoms with Crippen LogP contribution in [0.3, 0.4) is 0 Å². The highest BCUT2D eigenvalue weighted by atomic mass is 16.1. The average Bonchev–Trinajstić information content (AvgIpc) is 2.84. The number of hydrogen-bond donors (Lipinski definition) is 2. The first-order valence-electron chi connectivity index (χ1n) is 6.75. The van der Waals surface area contributed by atoms with Gasteiger partial charge in [0.2, 0.25) is 0 Å². The van der Waals surface area contributed by atoms with Crippen LogP contribution >= 0.6 is 0 Å². The van der Waals surface area contributed by atoms with E-state index in [4.69, 9.17) is 0 Å². The van der Waals surface area contributed by atoms with Gasteiger partial charge in [-0.25, -0.2) is 0 Å². The van der Waals surface area contributed by atoms with Gasteiger partial charge >= 0.3 is 0 Å². The number of nitrogens with one attached hydrogen (secondary N) is 2. The second kappa shape index (κ2) is 5.53.